The van der Waals surface area contributed by atoms with Crippen molar-refractivity contribution in [2.24, 2.45) is 5.92 Å². The number of amides is 2. The zero-order valence-electron chi connectivity index (χ0n) is 12.4. The first kappa shape index (κ1) is 16.6. The van der Waals surface area contributed by atoms with Crippen LogP contribution in [0.3, 0.4) is 0 Å². The molecule has 0 aliphatic carbocycles. The molecule has 114 valence electrons. The van der Waals surface area contributed by atoms with Crippen LogP contribution in [0.4, 0.5) is 0 Å². The van der Waals surface area contributed by atoms with Crippen molar-refractivity contribution in [1.82, 2.24) is 16.0 Å². The molecular weight excluding hydrogens is 258 g/mol. The molecule has 6 nitrogen and oxygen atoms in total. The molecule has 1 saturated heterocycles. The highest BCUT2D eigenvalue weighted by Crippen LogP contribution is 2.09. The minimum atomic E-state index is -0.590. The second-order valence-corrected chi connectivity index (χ2v) is 5.77. The molecule has 1 rings (SSSR count). The van der Waals surface area contributed by atoms with E-state index < -0.39 is 12.1 Å². The van der Waals surface area contributed by atoms with E-state index in [2.05, 4.69) is 16.0 Å². The summed E-state index contributed by atoms with van der Waals surface area (Å²) in [6.45, 7) is 6.42. The van der Waals surface area contributed by atoms with Gasteiger partial charge in [0.1, 0.15) is 12.3 Å². The van der Waals surface area contributed by atoms with Gasteiger partial charge in [0.05, 0.1) is 12.1 Å². The molecule has 3 atom stereocenters. The SMILES string of the molecule is CC(C)C[C@H](NC(=O)C1CCCN1)C(=O)N[C@@H](C)C=O. The molecule has 6 heteroatoms. The third kappa shape index (κ3) is 5.28. The van der Waals surface area contributed by atoms with Crippen LogP contribution in [0.15, 0.2) is 0 Å². The van der Waals surface area contributed by atoms with Crippen molar-refractivity contribution in [3.05, 3.63) is 0 Å². The van der Waals surface area contributed by atoms with Gasteiger partial charge in [-0.25, -0.2) is 0 Å². The van der Waals surface area contributed by atoms with Crippen molar-refractivity contribution in [2.45, 2.75) is 58.2 Å². The van der Waals surface area contributed by atoms with E-state index in [1.165, 1.54) is 0 Å². The molecule has 0 radical (unpaired) electrons. The van der Waals surface area contributed by atoms with Crippen LogP contribution in [0, 0.1) is 5.92 Å². The van der Waals surface area contributed by atoms with Crippen molar-refractivity contribution >= 4 is 18.1 Å². The standard InChI is InChI=1S/C14H25N3O3/c1-9(2)7-12(14(20)16-10(3)8-18)17-13(19)11-5-4-6-15-11/h8-12,15H,4-7H2,1-3H3,(H,16,20)(H,17,19)/t10-,11?,12-/m0/s1. The van der Waals surface area contributed by atoms with E-state index in [0.717, 1.165) is 19.4 Å². The summed E-state index contributed by atoms with van der Waals surface area (Å²) in [5, 5.41) is 8.48. The number of hydrogen-bond acceptors (Lipinski definition) is 4. The lowest BCUT2D eigenvalue weighted by atomic mass is 10.0. The predicted molar refractivity (Wildman–Crippen MR) is 76.1 cm³/mol. The molecule has 0 bridgehead atoms. The summed E-state index contributed by atoms with van der Waals surface area (Å²) in [7, 11) is 0. The summed E-state index contributed by atoms with van der Waals surface area (Å²) >= 11 is 0. The number of rotatable bonds is 7. The quantitative estimate of drug-likeness (QED) is 0.573. The molecule has 0 aromatic carbocycles. The maximum atomic E-state index is 12.1. The van der Waals surface area contributed by atoms with Gasteiger partial charge in [-0.15, -0.1) is 0 Å². The van der Waals surface area contributed by atoms with E-state index >= 15 is 0 Å². The molecular formula is C14H25N3O3. The normalized spacial score (nSPS) is 21.3. The lowest BCUT2D eigenvalue weighted by Gasteiger charge is -2.22. The zero-order chi connectivity index (χ0) is 15.1. The Bertz CT molecular complexity index is 352. The first-order valence-corrected chi connectivity index (χ1v) is 7.23. The monoisotopic (exact) mass is 283 g/mol. The van der Waals surface area contributed by atoms with Gasteiger partial charge in [-0.2, -0.15) is 0 Å². The highest BCUT2D eigenvalue weighted by atomic mass is 16.2. The second kappa shape index (κ2) is 7.99. The summed E-state index contributed by atoms with van der Waals surface area (Å²) < 4.78 is 0. The Morgan fingerprint density at radius 1 is 1.30 bits per heavy atom. The molecule has 3 N–H and O–H groups in total. The van der Waals surface area contributed by atoms with Crippen LogP contribution in [-0.2, 0) is 14.4 Å². The molecule has 0 spiro atoms. The Labute approximate surface area is 120 Å². The molecule has 2 amide bonds. The lowest BCUT2D eigenvalue weighted by molar-refractivity contribution is -0.131. The smallest absolute Gasteiger partial charge is 0.243 e. The van der Waals surface area contributed by atoms with Gasteiger partial charge < -0.3 is 20.7 Å². The largest absolute Gasteiger partial charge is 0.345 e. The van der Waals surface area contributed by atoms with E-state index in [0.29, 0.717) is 12.7 Å². The zero-order valence-corrected chi connectivity index (χ0v) is 12.4. The van der Waals surface area contributed by atoms with Gasteiger partial charge in [-0.3, -0.25) is 9.59 Å². The third-order valence-electron chi connectivity index (χ3n) is 3.29. The van der Waals surface area contributed by atoms with E-state index in [4.69, 9.17) is 0 Å². The average Bonchev–Trinajstić information content (AvgIpc) is 2.90. The van der Waals surface area contributed by atoms with Crippen LogP contribution in [-0.4, -0.2) is 42.8 Å². The van der Waals surface area contributed by atoms with Crippen LogP contribution in [0.2, 0.25) is 0 Å². The second-order valence-electron chi connectivity index (χ2n) is 5.77. The van der Waals surface area contributed by atoms with Gasteiger partial charge in [0, 0.05) is 0 Å². The van der Waals surface area contributed by atoms with Crippen molar-refractivity contribution < 1.29 is 14.4 Å². The number of carbonyl (C=O) groups is 3. The van der Waals surface area contributed by atoms with Gasteiger partial charge in [0.15, 0.2) is 0 Å². The summed E-state index contributed by atoms with van der Waals surface area (Å²) in [6, 6.07) is -1.34. The molecule has 0 aromatic rings. The van der Waals surface area contributed by atoms with Crippen LogP contribution in [0.5, 0.6) is 0 Å². The number of nitrogens with one attached hydrogen (secondary N) is 3. The Morgan fingerprint density at radius 2 is 2.00 bits per heavy atom. The van der Waals surface area contributed by atoms with Gasteiger partial charge in [0.25, 0.3) is 0 Å². The topological polar surface area (TPSA) is 87.3 Å². The molecule has 1 aliphatic heterocycles. The Morgan fingerprint density at radius 3 is 2.50 bits per heavy atom. The molecule has 0 aromatic heterocycles. The Balaban J connectivity index is 2.60. The summed E-state index contributed by atoms with van der Waals surface area (Å²) in [6.07, 6.45) is 2.99. The van der Waals surface area contributed by atoms with Gasteiger partial charge in [-0.05, 0) is 38.6 Å². The summed E-state index contributed by atoms with van der Waals surface area (Å²) in [4.78, 5) is 34.8. The van der Waals surface area contributed by atoms with Crippen molar-refractivity contribution in [2.75, 3.05) is 6.54 Å². The fourth-order valence-corrected chi connectivity index (χ4v) is 2.24. The maximum absolute atomic E-state index is 12.1. The molecule has 1 fully saturated rings. The predicted octanol–water partition coefficient (Wildman–Crippen LogP) is -0.0271. The first-order chi connectivity index (χ1) is 9.43. The molecule has 1 unspecified atom stereocenters. The molecule has 1 aliphatic rings. The average molecular weight is 283 g/mol. The highest BCUT2D eigenvalue weighted by Gasteiger charge is 2.28. The lowest BCUT2D eigenvalue weighted by Crippen LogP contribution is -2.53. The number of aldehydes is 1. The van der Waals surface area contributed by atoms with E-state index in [-0.39, 0.29) is 23.8 Å². The van der Waals surface area contributed by atoms with Gasteiger partial charge in [0.2, 0.25) is 11.8 Å². The minimum Gasteiger partial charge on any atom is -0.345 e. The number of carbonyl (C=O) groups excluding carboxylic acids is 3. The highest BCUT2D eigenvalue weighted by molar-refractivity contribution is 5.90. The van der Waals surface area contributed by atoms with Gasteiger partial charge in [-0.1, -0.05) is 13.8 Å². The van der Waals surface area contributed by atoms with Crippen LogP contribution in [0.25, 0.3) is 0 Å². The van der Waals surface area contributed by atoms with E-state index in [9.17, 15) is 14.4 Å². The van der Waals surface area contributed by atoms with Crippen LogP contribution >= 0.6 is 0 Å². The fraction of sp³-hybridized carbons (Fsp3) is 0.786. The van der Waals surface area contributed by atoms with Crippen molar-refractivity contribution in [1.29, 1.82) is 0 Å². The van der Waals surface area contributed by atoms with Crippen LogP contribution in [0.1, 0.15) is 40.0 Å². The third-order valence-corrected chi connectivity index (χ3v) is 3.29. The number of hydrogen-bond donors (Lipinski definition) is 3. The van der Waals surface area contributed by atoms with Gasteiger partial charge >= 0.3 is 0 Å². The van der Waals surface area contributed by atoms with Crippen LogP contribution < -0.4 is 16.0 Å². The maximum Gasteiger partial charge on any atom is 0.243 e. The Kier molecular flexibility index (Phi) is 6.64. The molecule has 20 heavy (non-hydrogen) atoms. The minimum absolute atomic E-state index is 0.137. The van der Waals surface area contributed by atoms with Crippen molar-refractivity contribution in [3.8, 4) is 0 Å². The van der Waals surface area contributed by atoms with Crippen molar-refractivity contribution in [3.63, 3.8) is 0 Å². The first-order valence-electron chi connectivity index (χ1n) is 7.23. The summed E-state index contributed by atoms with van der Waals surface area (Å²) in [5.41, 5.74) is 0. The van der Waals surface area contributed by atoms with E-state index in [1.807, 2.05) is 13.8 Å². The van der Waals surface area contributed by atoms with E-state index in [1.54, 1.807) is 6.92 Å². The molecule has 0 saturated carbocycles. The summed E-state index contributed by atoms with van der Waals surface area (Å²) in [5.74, 6) is -0.166. The Hall–Kier alpha value is -1.43. The fourth-order valence-electron chi connectivity index (χ4n) is 2.24. The molecule has 1 heterocycles.